The number of ether oxygens (including phenoxy) is 1. The molecule has 1 aromatic rings. The number of likely N-dealkylation sites (tertiary alicyclic amines) is 1. The summed E-state index contributed by atoms with van der Waals surface area (Å²) in [4.78, 5) is 42.9. The molecular formula is C27H39N3O5. The van der Waals surface area contributed by atoms with Crippen LogP contribution in [0, 0.1) is 17.8 Å². The van der Waals surface area contributed by atoms with Crippen molar-refractivity contribution in [1.29, 1.82) is 0 Å². The Kier molecular flexibility index (Phi) is 7.25. The van der Waals surface area contributed by atoms with Crippen LogP contribution in [0.3, 0.4) is 0 Å². The SMILES string of the molecule is CCCCNC(=O)C1N([C@H](CO)c2ccccc2)C(=O)[C@@H]2[C@@H](C(=O)NCCC)[C@]3(C)OC12CC3C. The van der Waals surface area contributed by atoms with Gasteiger partial charge in [0, 0.05) is 13.1 Å². The highest BCUT2D eigenvalue weighted by Crippen LogP contribution is 2.65. The van der Waals surface area contributed by atoms with E-state index in [1.165, 1.54) is 4.90 Å². The Morgan fingerprint density at radius 2 is 1.83 bits per heavy atom. The zero-order valence-electron chi connectivity index (χ0n) is 21.3. The molecule has 4 rings (SSSR count). The van der Waals surface area contributed by atoms with Crippen molar-refractivity contribution in [2.45, 2.75) is 76.7 Å². The molecule has 3 aliphatic heterocycles. The number of carbonyl (C=O) groups excluding carboxylic acids is 3. The minimum atomic E-state index is -1.11. The molecule has 3 heterocycles. The van der Waals surface area contributed by atoms with Crippen LogP contribution >= 0.6 is 0 Å². The minimum absolute atomic E-state index is 0.0147. The van der Waals surface area contributed by atoms with Crippen LogP contribution in [0.15, 0.2) is 30.3 Å². The molecule has 8 heteroatoms. The van der Waals surface area contributed by atoms with Gasteiger partial charge in [-0.15, -0.1) is 0 Å². The van der Waals surface area contributed by atoms with Gasteiger partial charge >= 0.3 is 0 Å². The van der Waals surface area contributed by atoms with Gasteiger partial charge in [0.15, 0.2) is 0 Å². The van der Waals surface area contributed by atoms with E-state index < -0.39 is 35.1 Å². The van der Waals surface area contributed by atoms with Gasteiger partial charge in [-0.1, -0.05) is 57.5 Å². The number of hydrogen-bond donors (Lipinski definition) is 3. The molecule has 3 N–H and O–H groups in total. The monoisotopic (exact) mass is 485 g/mol. The topological polar surface area (TPSA) is 108 Å². The Bertz CT molecular complexity index is 955. The summed E-state index contributed by atoms with van der Waals surface area (Å²) in [5.74, 6) is -2.27. The van der Waals surface area contributed by atoms with E-state index in [4.69, 9.17) is 4.74 Å². The van der Waals surface area contributed by atoms with Crippen LogP contribution in [0.25, 0.3) is 0 Å². The summed E-state index contributed by atoms with van der Waals surface area (Å²) in [6, 6.07) is 7.62. The zero-order chi connectivity index (χ0) is 25.4. The maximum Gasteiger partial charge on any atom is 0.245 e. The third kappa shape index (κ3) is 3.95. The lowest BCUT2D eigenvalue weighted by atomic mass is 9.62. The van der Waals surface area contributed by atoms with Crippen molar-refractivity contribution in [3.8, 4) is 0 Å². The fourth-order valence-corrected chi connectivity index (χ4v) is 6.58. The Balaban J connectivity index is 1.80. The number of carbonyl (C=O) groups is 3. The standard InChI is InChI=1S/C27H39N3O5/c1-5-7-14-29-24(33)22-27-15-17(3)26(4,35-27)20(23(32)28-13-6-2)21(27)25(34)30(22)19(16-31)18-11-9-8-10-12-18/h8-12,17,19-22,31H,5-7,13-16H2,1-4H3,(H,28,32)(H,29,33)/t17?,19-,20+,21+,22?,26-,27?/m1/s1. The van der Waals surface area contributed by atoms with Gasteiger partial charge in [-0.05, 0) is 37.7 Å². The van der Waals surface area contributed by atoms with E-state index in [1.54, 1.807) is 0 Å². The van der Waals surface area contributed by atoms with E-state index in [1.807, 2.05) is 58.0 Å². The minimum Gasteiger partial charge on any atom is -0.394 e. The van der Waals surface area contributed by atoms with E-state index in [0.717, 1.165) is 24.8 Å². The summed E-state index contributed by atoms with van der Waals surface area (Å²) >= 11 is 0. The number of nitrogens with zero attached hydrogens (tertiary/aromatic N) is 1. The van der Waals surface area contributed by atoms with E-state index in [9.17, 15) is 19.5 Å². The van der Waals surface area contributed by atoms with Crippen LogP contribution in [0.5, 0.6) is 0 Å². The largest absolute Gasteiger partial charge is 0.394 e. The Hall–Kier alpha value is -2.45. The van der Waals surface area contributed by atoms with Crippen molar-refractivity contribution in [3.05, 3.63) is 35.9 Å². The molecule has 3 saturated heterocycles. The molecule has 35 heavy (non-hydrogen) atoms. The van der Waals surface area contributed by atoms with Gasteiger partial charge in [0.05, 0.1) is 30.1 Å². The number of rotatable bonds is 10. The second-order valence-corrected chi connectivity index (χ2v) is 10.5. The van der Waals surface area contributed by atoms with Gasteiger partial charge < -0.3 is 25.4 Å². The van der Waals surface area contributed by atoms with Crippen LogP contribution in [0.1, 0.15) is 65.0 Å². The first-order chi connectivity index (χ1) is 16.8. The molecule has 3 unspecified atom stereocenters. The molecule has 192 valence electrons. The highest BCUT2D eigenvalue weighted by atomic mass is 16.5. The Labute approximate surface area is 207 Å². The molecule has 1 spiro atoms. The quantitative estimate of drug-likeness (QED) is 0.440. The van der Waals surface area contributed by atoms with Crippen LogP contribution in [-0.2, 0) is 19.1 Å². The van der Waals surface area contributed by atoms with Crippen LogP contribution in [0.2, 0.25) is 0 Å². The number of benzene rings is 1. The summed E-state index contributed by atoms with van der Waals surface area (Å²) in [6.45, 7) is 8.65. The van der Waals surface area contributed by atoms with E-state index in [2.05, 4.69) is 10.6 Å². The number of hydrogen-bond acceptors (Lipinski definition) is 5. The molecule has 3 amide bonds. The highest BCUT2D eigenvalue weighted by molar-refractivity contribution is 5.99. The van der Waals surface area contributed by atoms with Gasteiger partial charge in [-0.3, -0.25) is 14.4 Å². The first kappa shape index (κ1) is 25.6. The average molecular weight is 486 g/mol. The van der Waals surface area contributed by atoms with Crippen molar-refractivity contribution in [3.63, 3.8) is 0 Å². The summed E-state index contributed by atoms with van der Waals surface area (Å²) < 4.78 is 6.70. The normalized spacial score (nSPS) is 34.1. The fraction of sp³-hybridized carbons (Fsp3) is 0.667. The number of fused-ring (bicyclic) bond motifs is 1. The van der Waals surface area contributed by atoms with Crippen molar-refractivity contribution in [2.24, 2.45) is 17.8 Å². The predicted molar refractivity (Wildman–Crippen MR) is 131 cm³/mol. The van der Waals surface area contributed by atoms with E-state index in [-0.39, 0.29) is 30.2 Å². The molecule has 3 aliphatic rings. The van der Waals surface area contributed by atoms with Gasteiger partial charge in [0.25, 0.3) is 0 Å². The lowest BCUT2D eigenvalue weighted by Crippen LogP contribution is -2.56. The predicted octanol–water partition coefficient (Wildman–Crippen LogP) is 2.17. The maximum absolute atomic E-state index is 14.2. The Morgan fingerprint density at radius 1 is 1.14 bits per heavy atom. The van der Waals surface area contributed by atoms with Crippen LogP contribution in [0.4, 0.5) is 0 Å². The third-order valence-corrected chi connectivity index (χ3v) is 8.36. The van der Waals surface area contributed by atoms with Crippen LogP contribution in [-0.4, -0.2) is 64.7 Å². The molecular weight excluding hydrogens is 446 g/mol. The summed E-state index contributed by atoms with van der Waals surface area (Å²) in [5, 5.41) is 16.4. The fourth-order valence-electron chi connectivity index (χ4n) is 6.58. The molecule has 0 aromatic heterocycles. The van der Waals surface area contributed by atoms with E-state index in [0.29, 0.717) is 19.5 Å². The smallest absolute Gasteiger partial charge is 0.245 e. The van der Waals surface area contributed by atoms with Gasteiger partial charge in [-0.2, -0.15) is 0 Å². The van der Waals surface area contributed by atoms with Crippen LogP contribution < -0.4 is 10.6 Å². The molecule has 2 bridgehead atoms. The number of nitrogens with one attached hydrogen (secondary N) is 2. The van der Waals surface area contributed by atoms with E-state index >= 15 is 0 Å². The van der Waals surface area contributed by atoms with Gasteiger partial charge in [-0.25, -0.2) is 0 Å². The first-order valence-corrected chi connectivity index (χ1v) is 13.0. The lowest BCUT2D eigenvalue weighted by Gasteiger charge is -2.37. The summed E-state index contributed by atoms with van der Waals surface area (Å²) in [5.41, 5.74) is -1.21. The highest BCUT2D eigenvalue weighted by Gasteiger charge is 2.80. The molecule has 0 radical (unpaired) electrons. The van der Waals surface area contributed by atoms with Crippen molar-refractivity contribution in [2.75, 3.05) is 19.7 Å². The second kappa shape index (κ2) is 9.90. The third-order valence-electron chi connectivity index (χ3n) is 8.36. The number of aliphatic hydroxyl groups is 1. The summed E-state index contributed by atoms with van der Waals surface area (Å²) in [6.07, 6.45) is 3.04. The lowest BCUT2D eigenvalue weighted by molar-refractivity contribution is -0.151. The molecule has 0 aliphatic carbocycles. The molecule has 1 aromatic carbocycles. The first-order valence-electron chi connectivity index (χ1n) is 13.0. The number of aliphatic hydroxyl groups excluding tert-OH is 1. The zero-order valence-corrected chi connectivity index (χ0v) is 21.3. The molecule has 3 fully saturated rings. The summed E-state index contributed by atoms with van der Waals surface area (Å²) in [7, 11) is 0. The second-order valence-electron chi connectivity index (χ2n) is 10.5. The number of unbranched alkanes of at least 4 members (excludes halogenated alkanes) is 1. The van der Waals surface area contributed by atoms with Crippen molar-refractivity contribution >= 4 is 17.7 Å². The van der Waals surface area contributed by atoms with Gasteiger partial charge in [0.2, 0.25) is 17.7 Å². The maximum atomic E-state index is 14.2. The van der Waals surface area contributed by atoms with Gasteiger partial charge in [0.1, 0.15) is 11.6 Å². The van der Waals surface area contributed by atoms with Crippen molar-refractivity contribution < 1.29 is 24.2 Å². The van der Waals surface area contributed by atoms with Crippen molar-refractivity contribution in [1.82, 2.24) is 15.5 Å². The average Bonchev–Trinajstić information content (AvgIpc) is 3.36. The number of amides is 3. The molecule has 7 atom stereocenters. The Morgan fingerprint density at radius 3 is 2.46 bits per heavy atom. The molecule has 0 saturated carbocycles. The molecule has 8 nitrogen and oxygen atoms in total.